The predicted molar refractivity (Wildman–Crippen MR) is 76.2 cm³/mol. The molecule has 1 unspecified atom stereocenters. The number of nitrogens with zero attached hydrogens (tertiary/aromatic N) is 1. The van der Waals surface area contributed by atoms with Gasteiger partial charge in [-0.25, -0.2) is 4.39 Å². The third kappa shape index (κ3) is 2.51. The quantitative estimate of drug-likeness (QED) is 0.863. The first-order valence-corrected chi connectivity index (χ1v) is 7.03. The van der Waals surface area contributed by atoms with Gasteiger partial charge in [0.25, 0.3) is 11.7 Å². The number of carbonyl (C=O) groups is 2. The fourth-order valence-electron chi connectivity index (χ4n) is 3.05. The van der Waals surface area contributed by atoms with Crippen molar-refractivity contribution in [3.8, 4) is 0 Å². The van der Waals surface area contributed by atoms with Crippen molar-refractivity contribution < 1.29 is 18.7 Å². The molecule has 1 atom stereocenters. The lowest BCUT2D eigenvalue weighted by Crippen LogP contribution is -2.37. The third-order valence-corrected chi connectivity index (χ3v) is 4.05. The summed E-state index contributed by atoms with van der Waals surface area (Å²) in [6.07, 6.45) is 2.03. The second kappa shape index (κ2) is 5.44. The van der Waals surface area contributed by atoms with E-state index in [9.17, 15) is 14.0 Å². The highest BCUT2D eigenvalue weighted by atomic mass is 19.1. The monoisotopic (exact) mass is 292 g/mol. The Kier molecular flexibility index (Phi) is 3.63. The molecule has 3 rings (SSSR count). The van der Waals surface area contributed by atoms with E-state index in [4.69, 9.17) is 4.74 Å². The zero-order valence-corrected chi connectivity index (χ0v) is 11.8. The molecule has 1 aromatic carbocycles. The average Bonchev–Trinajstić information content (AvgIpc) is 2.74. The molecule has 0 spiro atoms. The van der Waals surface area contributed by atoms with E-state index in [2.05, 4.69) is 5.32 Å². The number of halogens is 1. The molecule has 0 aliphatic carbocycles. The number of anilines is 2. The highest BCUT2D eigenvalue weighted by Gasteiger charge is 2.31. The number of methoxy groups -OCH3 is 1. The van der Waals surface area contributed by atoms with Crippen LogP contribution in [0, 0.1) is 11.7 Å². The minimum atomic E-state index is -0.697. The summed E-state index contributed by atoms with van der Waals surface area (Å²) in [5, 5.41) is 2.48. The van der Waals surface area contributed by atoms with Crippen LogP contribution in [0.4, 0.5) is 15.8 Å². The van der Waals surface area contributed by atoms with E-state index in [1.54, 1.807) is 13.2 Å². The molecule has 1 N–H and O–H groups in total. The van der Waals surface area contributed by atoms with Crippen LogP contribution in [0.2, 0.25) is 0 Å². The maximum Gasteiger partial charge on any atom is 0.296 e. The summed E-state index contributed by atoms with van der Waals surface area (Å²) in [7, 11) is 1.66. The molecule has 1 amide bonds. The van der Waals surface area contributed by atoms with Crippen molar-refractivity contribution in [3.05, 3.63) is 23.5 Å². The van der Waals surface area contributed by atoms with E-state index in [1.165, 1.54) is 0 Å². The molecule has 0 bridgehead atoms. The predicted octanol–water partition coefficient (Wildman–Crippen LogP) is 1.82. The van der Waals surface area contributed by atoms with E-state index in [-0.39, 0.29) is 5.56 Å². The van der Waals surface area contributed by atoms with Crippen molar-refractivity contribution in [1.29, 1.82) is 0 Å². The molecule has 1 saturated heterocycles. The standard InChI is InChI=1S/C15H17FN2O3/c1-21-8-9-3-2-4-18(7-9)13-6-12-10(5-11(13)16)14(19)15(20)17-12/h5-6,9H,2-4,7-8H2,1H3,(H,17,19,20). The Balaban J connectivity index is 1.88. The van der Waals surface area contributed by atoms with Gasteiger partial charge < -0.3 is 15.0 Å². The summed E-state index contributed by atoms with van der Waals surface area (Å²) in [5.41, 5.74) is 0.950. The van der Waals surface area contributed by atoms with Gasteiger partial charge in [0, 0.05) is 20.2 Å². The number of hydrogen-bond acceptors (Lipinski definition) is 4. The van der Waals surface area contributed by atoms with E-state index in [0.717, 1.165) is 25.5 Å². The van der Waals surface area contributed by atoms with E-state index in [1.807, 2.05) is 4.90 Å². The van der Waals surface area contributed by atoms with Gasteiger partial charge in [-0.3, -0.25) is 9.59 Å². The first-order chi connectivity index (χ1) is 10.1. The van der Waals surface area contributed by atoms with Crippen LogP contribution in [0.15, 0.2) is 12.1 Å². The number of hydrogen-bond donors (Lipinski definition) is 1. The van der Waals surface area contributed by atoms with Gasteiger partial charge in [-0.1, -0.05) is 0 Å². The summed E-state index contributed by atoms with van der Waals surface area (Å²) in [5.74, 6) is -1.46. The summed E-state index contributed by atoms with van der Waals surface area (Å²) >= 11 is 0. The Labute approximate surface area is 122 Å². The van der Waals surface area contributed by atoms with Crippen LogP contribution in [0.5, 0.6) is 0 Å². The van der Waals surface area contributed by atoms with Crippen molar-refractivity contribution in [2.45, 2.75) is 12.8 Å². The molecule has 0 radical (unpaired) electrons. The molecule has 0 saturated carbocycles. The minimum Gasteiger partial charge on any atom is -0.384 e. The Morgan fingerprint density at radius 3 is 3.00 bits per heavy atom. The number of carbonyl (C=O) groups excluding carboxylic acids is 2. The summed E-state index contributed by atoms with van der Waals surface area (Å²) in [4.78, 5) is 24.9. The molecule has 6 heteroatoms. The Morgan fingerprint density at radius 1 is 1.43 bits per heavy atom. The fraction of sp³-hybridized carbons (Fsp3) is 0.467. The molecule has 2 aliphatic heterocycles. The van der Waals surface area contributed by atoms with Crippen LogP contribution in [-0.2, 0) is 9.53 Å². The second-order valence-electron chi connectivity index (χ2n) is 5.54. The SMILES string of the molecule is COCC1CCCN(c2cc3c(cc2F)C(=O)C(=O)N3)C1. The number of amides is 1. The van der Waals surface area contributed by atoms with Gasteiger partial charge in [-0.05, 0) is 30.9 Å². The van der Waals surface area contributed by atoms with Crippen molar-refractivity contribution in [2.24, 2.45) is 5.92 Å². The number of nitrogens with one attached hydrogen (secondary N) is 1. The molecule has 1 aromatic rings. The zero-order valence-electron chi connectivity index (χ0n) is 11.8. The highest BCUT2D eigenvalue weighted by molar-refractivity contribution is 6.51. The van der Waals surface area contributed by atoms with Crippen molar-refractivity contribution in [3.63, 3.8) is 0 Å². The van der Waals surface area contributed by atoms with Gasteiger partial charge in [-0.15, -0.1) is 0 Å². The van der Waals surface area contributed by atoms with E-state index >= 15 is 0 Å². The van der Waals surface area contributed by atoms with Crippen LogP contribution in [0.3, 0.4) is 0 Å². The fourth-order valence-corrected chi connectivity index (χ4v) is 3.05. The van der Waals surface area contributed by atoms with E-state index < -0.39 is 17.5 Å². The molecule has 0 aromatic heterocycles. The Hall–Kier alpha value is -1.95. The van der Waals surface area contributed by atoms with Gasteiger partial charge >= 0.3 is 0 Å². The summed E-state index contributed by atoms with van der Waals surface area (Å²) in [6, 6.07) is 2.72. The number of ether oxygens (including phenoxy) is 1. The van der Waals surface area contributed by atoms with Crippen LogP contribution in [0.1, 0.15) is 23.2 Å². The minimum absolute atomic E-state index is 0.117. The van der Waals surface area contributed by atoms with Crippen LogP contribution in [0.25, 0.3) is 0 Å². The normalized spacial score (nSPS) is 21.4. The summed E-state index contributed by atoms with van der Waals surface area (Å²) < 4.78 is 19.5. The lowest BCUT2D eigenvalue weighted by atomic mass is 9.98. The van der Waals surface area contributed by atoms with Crippen LogP contribution >= 0.6 is 0 Å². The van der Waals surface area contributed by atoms with Crippen molar-refractivity contribution in [1.82, 2.24) is 0 Å². The van der Waals surface area contributed by atoms with Crippen LogP contribution < -0.4 is 10.2 Å². The zero-order chi connectivity index (χ0) is 15.0. The lowest BCUT2D eigenvalue weighted by Gasteiger charge is -2.34. The summed E-state index contributed by atoms with van der Waals surface area (Å²) in [6.45, 7) is 2.13. The molecular weight excluding hydrogens is 275 g/mol. The lowest BCUT2D eigenvalue weighted by molar-refractivity contribution is -0.112. The molecule has 2 aliphatic rings. The van der Waals surface area contributed by atoms with Crippen LogP contribution in [-0.4, -0.2) is 38.5 Å². The number of rotatable bonds is 3. The second-order valence-corrected chi connectivity index (χ2v) is 5.54. The van der Waals surface area contributed by atoms with Gasteiger partial charge in [0.2, 0.25) is 0 Å². The smallest absolute Gasteiger partial charge is 0.296 e. The van der Waals surface area contributed by atoms with Gasteiger partial charge in [0.1, 0.15) is 5.82 Å². The van der Waals surface area contributed by atoms with Gasteiger partial charge in [0.05, 0.1) is 23.5 Å². The number of ketones is 1. The molecule has 5 nitrogen and oxygen atoms in total. The Bertz CT molecular complexity index is 601. The molecule has 1 fully saturated rings. The van der Waals surface area contributed by atoms with Crippen molar-refractivity contribution >= 4 is 23.1 Å². The third-order valence-electron chi connectivity index (χ3n) is 4.05. The van der Waals surface area contributed by atoms with Crippen molar-refractivity contribution in [2.75, 3.05) is 37.0 Å². The van der Waals surface area contributed by atoms with E-state index in [0.29, 0.717) is 30.4 Å². The first-order valence-electron chi connectivity index (χ1n) is 7.03. The number of Topliss-reactive ketones (excluding diaryl/α,β-unsaturated/α-hetero) is 1. The van der Waals surface area contributed by atoms with Gasteiger partial charge in [-0.2, -0.15) is 0 Å². The first kappa shape index (κ1) is 14.0. The number of piperidine rings is 1. The number of benzene rings is 1. The molecule has 2 heterocycles. The maximum absolute atomic E-state index is 14.3. The molecule has 112 valence electrons. The Morgan fingerprint density at radius 2 is 2.24 bits per heavy atom. The maximum atomic E-state index is 14.3. The topological polar surface area (TPSA) is 58.6 Å². The highest BCUT2D eigenvalue weighted by Crippen LogP contribution is 2.33. The molecule has 21 heavy (non-hydrogen) atoms. The van der Waals surface area contributed by atoms with Gasteiger partial charge in [0.15, 0.2) is 0 Å². The molecular formula is C15H17FN2O3. The average molecular weight is 292 g/mol. The largest absolute Gasteiger partial charge is 0.384 e. The number of fused-ring (bicyclic) bond motifs is 1.